The number of nitrogens with two attached hydrogens (primary N) is 1. The van der Waals surface area contributed by atoms with Crippen LogP contribution in [0.3, 0.4) is 0 Å². The minimum absolute atomic E-state index is 0.710. The molecule has 1 aromatic rings. The van der Waals surface area contributed by atoms with Crippen molar-refractivity contribution < 1.29 is 0 Å². The molecular formula is C14H21N3. The van der Waals surface area contributed by atoms with Crippen LogP contribution in [0.1, 0.15) is 19.3 Å². The van der Waals surface area contributed by atoms with Gasteiger partial charge in [-0.3, -0.25) is 4.90 Å². The fourth-order valence-corrected chi connectivity index (χ4v) is 3.30. The predicted molar refractivity (Wildman–Crippen MR) is 72.3 cm³/mol. The standard InChI is InChI=1S/C14H21N3/c1-16-11-6-7-12(16)10-17(9-8-11)14-5-3-2-4-13(14)15/h2-5,11-12H,6-10,15H2,1H3. The number of anilines is 2. The molecule has 0 aromatic heterocycles. The SMILES string of the molecule is CN1C2CCC1CN(c1ccccc1N)CC2. The van der Waals surface area contributed by atoms with Gasteiger partial charge in [-0.1, -0.05) is 12.1 Å². The molecule has 1 aromatic carbocycles. The first-order chi connectivity index (χ1) is 8.25. The molecule has 0 spiro atoms. The number of hydrogen-bond donors (Lipinski definition) is 1. The second-order valence-electron chi connectivity index (χ2n) is 5.34. The van der Waals surface area contributed by atoms with E-state index in [-0.39, 0.29) is 0 Å². The van der Waals surface area contributed by atoms with E-state index in [2.05, 4.69) is 29.0 Å². The van der Waals surface area contributed by atoms with Gasteiger partial charge in [-0.25, -0.2) is 0 Å². The molecule has 2 N–H and O–H groups in total. The molecule has 0 radical (unpaired) electrons. The Morgan fingerprint density at radius 2 is 1.88 bits per heavy atom. The number of nitrogens with zero attached hydrogens (tertiary/aromatic N) is 2. The van der Waals surface area contributed by atoms with Gasteiger partial charge >= 0.3 is 0 Å². The lowest BCUT2D eigenvalue weighted by Crippen LogP contribution is -2.36. The Hall–Kier alpha value is -1.22. The van der Waals surface area contributed by atoms with Crippen molar-refractivity contribution in [3.8, 4) is 0 Å². The van der Waals surface area contributed by atoms with Gasteiger partial charge in [-0.2, -0.15) is 0 Å². The molecule has 3 nitrogen and oxygen atoms in total. The van der Waals surface area contributed by atoms with Gasteiger partial charge in [0.05, 0.1) is 11.4 Å². The van der Waals surface area contributed by atoms with Gasteiger partial charge in [0.1, 0.15) is 0 Å². The summed E-state index contributed by atoms with van der Waals surface area (Å²) in [5.74, 6) is 0. The van der Waals surface area contributed by atoms with Crippen molar-refractivity contribution in [3.63, 3.8) is 0 Å². The molecule has 2 bridgehead atoms. The van der Waals surface area contributed by atoms with Crippen LogP contribution in [-0.4, -0.2) is 37.1 Å². The Morgan fingerprint density at radius 1 is 1.12 bits per heavy atom. The van der Waals surface area contributed by atoms with Crippen LogP contribution in [-0.2, 0) is 0 Å². The highest BCUT2D eigenvalue weighted by Crippen LogP contribution is 2.32. The fraction of sp³-hybridized carbons (Fsp3) is 0.571. The molecule has 2 aliphatic heterocycles. The second kappa shape index (κ2) is 4.22. The Kier molecular flexibility index (Phi) is 2.71. The summed E-state index contributed by atoms with van der Waals surface area (Å²) in [7, 11) is 2.28. The van der Waals surface area contributed by atoms with Gasteiger partial charge in [-0.15, -0.1) is 0 Å². The molecule has 0 amide bonds. The summed E-state index contributed by atoms with van der Waals surface area (Å²) in [5.41, 5.74) is 8.21. The summed E-state index contributed by atoms with van der Waals surface area (Å²) in [4.78, 5) is 5.04. The number of nitrogen functional groups attached to an aromatic ring is 1. The third kappa shape index (κ3) is 1.89. The predicted octanol–water partition coefficient (Wildman–Crippen LogP) is 1.94. The molecule has 2 aliphatic rings. The highest BCUT2D eigenvalue weighted by atomic mass is 15.3. The third-order valence-corrected chi connectivity index (χ3v) is 4.43. The van der Waals surface area contributed by atoms with E-state index in [9.17, 15) is 0 Å². The lowest BCUT2D eigenvalue weighted by atomic mass is 10.1. The number of fused-ring (bicyclic) bond motifs is 2. The Bertz CT molecular complexity index is 404. The van der Waals surface area contributed by atoms with Crippen LogP contribution in [0, 0.1) is 0 Å². The van der Waals surface area contributed by atoms with Crippen molar-refractivity contribution in [3.05, 3.63) is 24.3 Å². The molecule has 2 saturated heterocycles. The molecule has 17 heavy (non-hydrogen) atoms. The molecule has 2 heterocycles. The summed E-state index contributed by atoms with van der Waals surface area (Å²) in [5, 5.41) is 0. The molecule has 0 saturated carbocycles. The molecule has 0 aliphatic carbocycles. The molecule has 3 heteroatoms. The minimum atomic E-state index is 0.710. The topological polar surface area (TPSA) is 32.5 Å². The van der Waals surface area contributed by atoms with E-state index in [4.69, 9.17) is 5.73 Å². The maximum atomic E-state index is 6.08. The van der Waals surface area contributed by atoms with Crippen molar-refractivity contribution >= 4 is 11.4 Å². The maximum Gasteiger partial charge on any atom is 0.0600 e. The summed E-state index contributed by atoms with van der Waals surface area (Å²) in [6, 6.07) is 9.74. The molecule has 3 rings (SSSR count). The maximum absolute atomic E-state index is 6.08. The van der Waals surface area contributed by atoms with Gasteiger partial charge in [0, 0.05) is 25.2 Å². The van der Waals surface area contributed by atoms with Crippen LogP contribution in [0.4, 0.5) is 11.4 Å². The lowest BCUT2D eigenvalue weighted by Gasteiger charge is -2.28. The van der Waals surface area contributed by atoms with Gasteiger partial charge in [0.2, 0.25) is 0 Å². The van der Waals surface area contributed by atoms with Crippen LogP contribution in [0.2, 0.25) is 0 Å². The number of rotatable bonds is 1. The van der Waals surface area contributed by atoms with Crippen molar-refractivity contribution in [1.82, 2.24) is 4.90 Å². The van der Waals surface area contributed by atoms with Gasteiger partial charge < -0.3 is 10.6 Å². The number of hydrogen-bond acceptors (Lipinski definition) is 3. The largest absolute Gasteiger partial charge is 0.397 e. The summed E-state index contributed by atoms with van der Waals surface area (Å²) < 4.78 is 0. The van der Waals surface area contributed by atoms with Crippen molar-refractivity contribution in [2.75, 3.05) is 30.8 Å². The normalized spacial score (nSPS) is 29.4. The summed E-state index contributed by atoms with van der Waals surface area (Å²) in [6.45, 7) is 2.26. The average molecular weight is 231 g/mol. The van der Waals surface area contributed by atoms with Crippen LogP contribution in [0.5, 0.6) is 0 Å². The highest BCUT2D eigenvalue weighted by Gasteiger charge is 2.34. The van der Waals surface area contributed by atoms with Crippen LogP contribution >= 0.6 is 0 Å². The van der Waals surface area contributed by atoms with E-state index in [1.165, 1.54) is 24.9 Å². The lowest BCUT2D eigenvalue weighted by molar-refractivity contribution is 0.254. The monoisotopic (exact) mass is 231 g/mol. The molecule has 2 fully saturated rings. The van der Waals surface area contributed by atoms with E-state index in [0.717, 1.165) is 24.8 Å². The third-order valence-electron chi connectivity index (χ3n) is 4.43. The van der Waals surface area contributed by atoms with Gasteiger partial charge in [0.15, 0.2) is 0 Å². The minimum Gasteiger partial charge on any atom is -0.397 e. The fourth-order valence-electron chi connectivity index (χ4n) is 3.30. The first-order valence-electron chi connectivity index (χ1n) is 6.57. The van der Waals surface area contributed by atoms with Crippen LogP contribution in [0.15, 0.2) is 24.3 Å². The summed E-state index contributed by atoms with van der Waals surface area (Å²) in [6.07, 6.45) is 3.98. The molecular weight excluding hydrogens is 210 g/mol. The van der Waals surface area contributed by atoms with E-state index < -0.39 is 0 Å². The number of likely N-dealkylation sites (N-methyl/N-ethyl adjacent to an activating group) is 1. The zero-order chi connectivity index (χ0) is 11.8. The quantitative estimate of drug-likeness (QED) is 0.750. The van der Waals surface area contributed by atoms with Crippen molar-refractivity contribution in [2.24, 2.45) is 0 Å². The Balaban J connectivity index is 1.84. The van der Waals surface area contributed by atoms with Gasteiger partial charge in [0.25, 0.3) is 0 Å². The first-order valence-corrected chi connectivity index (χ1v) is 6.57. The van der Waals surface area contributed by atoms with E-state index in [1.807, 2.05) is 12.1 Å². The zero-order valence-corrected chi connectivity index (χ0v) is 10.5. The van der Waals surface area contributed by atoms with E-state index in [0.29, 0.717) is 6.04 Å². The van der Waals surface area contributed by atoms with Crippen molar-refractivity contribution in [2.45, 2.75) is 31.3 Å². The zero-order valence-electron chi connectivity index (χ0n) is 10.5. The summed E-state index contributed by atoms with van der Waals surface area (Å²) >= 11 is 0. The van der Waals surface area contributed by atoms with E-state index in [1.54, 1.807) is 0 Å². The molecule has 2 atom stereocenters. The number of benzene rings is 1. The van der Waals surface area contributed by atoms with Crippen LogP contribution in [0.25, 0.3) is 0 Å². The van der Waals surface area contributed by atoms with Crippen LogP contribution < -0.4 is 10.6 Å². The highest BCUT2D eigenvalue weighted by molar-refractivity contribution is 5.67. The van der Waals surface area contributed by atoms with E-state index >= 15 is 0 Å². The first kappa shape index (κ1) is 10.9. The number of para-hydroxylation sites is 2. The Morgan fingerprint density at radius 3 is 2.71 bits per heavy atom. The molecule has 2 unspecified atom stereocenters. The second-order valence-corrected chi connectivity index (χ2v) is 5.34. The smallest absolute Gasteiger partial charge is 0.0600 e. The average Bonchev–Trinajstić information content (AvgIpc) is 2.55. The Labute approximate surface area is 103 Å². The van der Waals surface area contributed by atoms with Crippen molar-refractivity contribution in [1.29, 1.82) is 0 Å². The molecule has 92 valence electrons. The van der Waals surface area contributed by atoms with Gasteiger partial charge in [-0.05, 0) is 38.4 Å².